The summed E-state index contributed by atoms with van der Waals surface area (Å²) in [6.45, 7) is 9.45. The molecule has 0 spiro atoms. The minimum absolute atomic E-state index is 0.107. The fraction of sp³-hybridized carbons (Fsp3) is 0.111. The minimum atomic E-state index is -0.146. The molecule has 1 aromatic heterocycles. The largest absolute Gasteiger partial charge is 0.455 e. The van der Waals surface area contributed by atoms with E-state index >= 15 is 0 Å². The second-order valence-corrected chi connectivity index (χ2v) is 16.5. The van der Waals surface area contributed by atoms with Gasteiger partial charge >= 0.3 is 0 Å². The van der Waals surface area contributed by atoms with Crippen molar-refractivity contribution < 1.29 is 4.42 Å². The van der Waals surface area contributed by atoms with Crippen LogP contribution in [0.2, 0.25) is 0 Å². The SMILES string of the molecule is CC1(C)c2ccccc2-c2ccc(-c3ccccc3N(c3ccccc3-c3cccc4c3oc3ccccc34)c3cccc4c3-c3ccccc3C4(C)C)cc21. The summed E-state index contributed by atoms with van der Waals surface area (Å²) in [7, 11) is 0. The topological polar surface area (TPSA) is 16.4 Å². The molecule has 2 aliphatic rings. The summed E-state index contributed by atoms with van der Waals surface area (Å²) in [6, 6.07) is 64.6. The normalized spacial score (nSPS) is 14.4. The quantitative estimate of drug-likeness (QED) is 0.176. The van der Waals surface area contributed by atoms with Crippen molar-refractivity contribution in [1.82, 2.24) is 0 Å². The Morgan fingerprint density at radius 3 is 1.70 bits per heavy atom. The molecule has 2 aliphatic carbocycles. The Labute approximate surface area is 328 Å². The van der Waals surface area contributed by atoms with Crippen LogP contribution in [0.4, 0.5) is 17.1 Å². The van der Waals surface area contributed by atoms with Gasteiger partial charge in [-0.25, -0.2) is 0 Å². The van der Waals surface area contributed by atoms with E-state index in [4.69, 9.17) is 4.42 Å². The predicted octanol–water partition coefficient (Wildman–Crippen LogP) is 15.0. The van der Waals surface area contributed by atoms with E-state index in [-0.39, 0.29) is 10.8 Å². The van der Waals surface area contributed by atoms with Crippen LogP contribution in [0.15, 0.2) is 180 Å². The summed E-state index contributed by atoms with van der Waals surface area (Å²) >= 11 is 0. The Bertz CT molecular complexity index is 3050. The zero-order valence-electron chi connectivity index (χ0n) is 32.1. The molecular weight excluding hydrogens is 679 g/mol. The number of nitrogens with zero attached hydrogens (tertiary/aromatic N) is 1. The number of furan rings is 1. The lowest BCUT2D eigenvalue weighted by Gasteiger charge is -2.32. The van der Waals surface area contributed by atoms with E-state index in [0.29, 0.717) is 0 Å². The fourth-order valence-corrected chi connectivity index (χ4v) is 9.95. The molecule has 0 atom stereocenters. The Kier molecular flexibility index (Phi) is 6.98. The van der Waals surface area contributed by atoms with Crippen LogP contribution in [0.3, 0.4) is 0 Å². The molecule has 9 aromatic rings. The first-order valence-corrected chi connectivity index (χ1v) is 19.7. The van der Waals surface area contributed by atoms with Crippen molar-refractivity contribution in [2.45, 2.75) is 38.5 Å². The molecule has 1 heterocycles. The van der Waals surface area contributed by atoms with Crippen LogP contribution >= 0.6 is 0 Å². The highest BCUT2D eigenvalue weighted by molar-refractivity contribution is 6.11. The van der Waals surface area contributed by atoms with Gasteiger partial charge in [0, 0.05) is 43.9 Å². The first-order valence-electron chi connectivity index (χ1n) is 19.7. The number of benzene rings is 8. The summed E-state index contributed by atoms with van der Waals surface area (Å²) in [6.07, 6.45) is 0. The number of hydrogen-bond donors (Lipinski definition) is 0. The number of hydrogen-bond acceptors (Lipinski definition) is 2. The monoisotopic (exact) mass is 719 g/mol. The summed E-state index contributed by atoms with van der Waals surface area (Å²) in [5, 5.41) is 2.25. The third-order valence-electron chi connectivity index (χ3n) is 12.7. The molecule has 8 aromatic carbocycles. The van der Waals surface area contributed by atoms with E-state index in [0.717, 1.165) is 50.1 Å². The van der Waals surface area contributed by atoms with Gasteiger partial charge in [-0.05, 0) is 74.8 Å². The highest BCUT2D eigenvalue weighted by Gasteiger charge is 2.39. The highest BCUT2D eigenvalue weighted by atomic mass is 16.3. The Morgan fingerprint density at radius 1 is 0.375 bits per heavy atom. The molecular formula is C54H41NO. The molecule has 268 valence electrons. The first kappa shape index (κ1) is 32.8. The van der Waals surface area contributed by atoms with E-state index < -0.39 is 0 Å². The maximum Gasteiger partial charge on any atom is 0.143 e. The molecule has 0 fully saturated rings. The summed E-state index contributed by atoms with van der Waals surface area (Å²) in [5.41, 5.74) is 20.2. The molecule has 0 radical (unpaired) electrons. The van der Waals surface area contributed by atoms with Crippen molar-refractivity contribution in [1.29, 1.82) is 0 Å². The van der Waals surface area contributed by atoms with Gasteiger partial charge in [-0.15, -0.1) is 0 Å². The zero-order valence-corrected chi connectivity index (χ0v) is 32.1. The van der Waals surface area contributed by atoms with Gasteiger partial charge in [-0.3, -0.25) is 0 Å². The van der Waals surface area contributed by atoms with Gasteiger partial charge in [0.15, 0.2) is 0 Å². The average molecular weight is 720 g/mol. The maximum absolute atomic E-state index is 6.70. The third kappa shape index (κ3) is 4.56. The summed E-state index contributed by atoms with van der Waals surface area (Å²) in [4.78, 5) is 2.52. The Morgan fingerprint density at radius 2 is 0.893 bits per heavy atom. The number of para-hydroxylation sites is 4. The van der Waals surface area contributed by atoms with Crippen molar-refractivity contribution in [2.24, 2.45) is 0 Å². The number of anilines is 3. The molecule has 0 N–H and O–H groups in total. The van der Waals surface area contributed by atoms with Gasteiger partial charge in [0.25, 0.3) is 0 Å². The van der Waals surface area contributed by atoms with Crippen LogP contribution in [-0.4, -0.2) is 0 Å². The molecule has 2 heteroatoms. The van der Waals surface area contributed by atoms with Gasteiger partial charge < -0.3 is 9.32 Å². The zero-order chi connectivity index (χ0) is 37.8. The van der Waals surface area contributed by atoms with Gasteiger partial charge in [-0.1, -0.05) is 173 Å². The van der Waals surface area contributed by atoms with E-state index in [2.05, 4.69) is 202 Å². The van der Waals surface area contributed by atoms with Crippen molar-refractivity contribution in [2.75, 3.05) is 4.90 Å². The molecule has 0 amide bonds. The van der Waals surface area contributed by atoms with E-state index in [1.807, 2.05) is 6.07 Å². The smallest absolute Gasteiger partial charge is 0.143 e. The van der Waals surface area contributed by atoms with Crippen molar-refractivity contribution in [3.05, 3.63) is 198 Å². The van der Waals surface area contributed by atoms with Crippen molar-refractivity contribution in [3.8, 4) is 44.5 Å². The van der Waals surface area contributed by atoms with Crippen LogP contribution in [-0.2, 0) is 10.8 Å². The average Bonchev–Trinajstić information content (AvgIpc) is 3.81. The molecule has 0 unspecified atom stereocenters. The van der Waals surface area contributed by atoms with Gasteiger partial charge in [0.05, 0.1) is 17.1 Å². The molecule has 0 aliphatic heterocycles. The van der Waals surface area contributed by atoms with Crippen LogP contribution in [0.25, 0.3) is 66.4 Å². The van der Waals surface area contributed by atoms with E-state index in [9.17, 15) is 0 Å². The van der Waals surface area contributed by atoms with E-state index in [1.165, 1.54) is 55.6 Å². The second-order valence-electron chi connectivity index (χ2n) is 16.5. The first-order chi connectivity index (χ1) is 27.3. The maximum atomic E-state index is 6.70. The van der Waals surface area contributed by atoms with Crippen LogP contribution in [0, 0.1) is 0 Å². The van der Waals surface area contributed by atoms with Crippen molar-refractivity contribution in [3.63, 3.8) is 0 Å². The summed E-state index contributed by atoms with van der Waals surface area (Å²) in [5.74, 6) is 0. The van der Waals surface area contributed by atoms with Crippen LogP contribution < -0.4 is 4.90 Å². The minimum Gasteiger partial charge on any atom is -0.455 e. The molecule has 0 saturated heterocycles. The third-order valence-corrected chi connectivity index (χ3v) is 12.7. The number of fused-ring (bicyclic) bond motifs is 9. The Balaban J connectivity index is 1.20. The molecule has 0 bridgehead atoms. The molecule has 0 saturated carbocycles. The van der Waals surface area contributed by atoms with Crippen molar-refractivity contribution >= 4 is 39.0 Å². The lowest BCUT2D eigenvalue weighted by Crippen LogP contribution is -2.17. The van der Waals surface area contributed by atoms with E-state index in [1.54, 1.807) is 0 Å². The second kappa shape index (κ2) is 11.9. The lowest BCUT2D eigenvalue weighted by molar-refractivity contribution is 0.660. The summed E-state index contributed by atoms with van der Waals surface area (Å²) < 4.78 is 6.70. The fourth-order valence-electron chi connectivity index (χ4n) is 9.95. The van der Waals surface area contributed by atoms with Gasteiger partial charge in [-0.2, -0.15) is 0 Å². The number of rotatable bonds is 5. The molecule has 11 rings (SSSR count). The standard InChI is InChI=1S/C54H41NO/c1-53(2)44-25-11-6-21-42(44)51-45(53)26-16-29-49(51)55(48-28-13-8-19-38(48)40-22-15-23-41-39-20-9-14-30-50(39)56-52(40)41)47-27-12-7-17-35(47)34-31-32-37-36-18-5-10-24-43(36)54(3,4)46(37)33-34/h5-33H,1-4H3. The van der Waals surface area contributed by atoms with Crippen LogP contribution in [0.5, 0.6) is 0 Å². The van der Waals surface area contributed by atoms with Gasteiger partial charge in [0.1, 0.15) is 11.2 Å². The van der Waals surface area contributed by atoms with Gasteiger partial charge in [0.2, 0.25) is 0 Å². The molecule has 2 nitrogen and oxygen atoms in total. The highest BCUT2D eigenvalue weighted by Crippen LogP contribution is 2.57. The Hall–Kier alpha value is -6.64. The van der Waals surface area contributed by atoms with Crippen LogP contribution in [0.1, 0.15) is 49.9 Å². The molecule has 56 heavy (non-hydrogen) atoms. The lowest BCUT2D eigenvalue weighted by atomic mass is 9.81. The predicted molar refractivity (Wildman–Crippen MR) is 234 cm³/mol.